The number of carbonyl (C=O) groups is 1. The fraction of sp³-hybridized carbons (Fsp3) is 0.923. The maximum Gasteiger partial charge on any atom is 0.411 e. The molecule has 0 saturated carbocycles. The quantitative estimate of drug-likeness (QED) is 0.709. The summed E-state index contributed by atoms with van der Waals surface area (Å²) in [6.07, 6.45) is -4.05. The van der Waals surface area contributed by atoms with Gasteiger partial charge in [-0.2, -0.15) is 13.2 Å². The summed E-state index contributed by atoms with van der Waals surface area (Å²) >= 11 is 0. The van der Waals surface area contributed by atoms with Crippen molar-refractivity contribution in [2.24, 2.45) is 0 Å². The fourth-order valence-electron chi connectivity index (χ4n) is 2.11. The first-order valence-electron chi connectivity index (χ1n) is 7.14. The molecule has 1 heterocycles. The number of rotatable bonds is 7. The first-order valence-corrected chi connectivity index (χ1v) is 7.14. The van der Waals surface area contributed by atoms with Gasteiger partial charge < -0.3 is 14.7 Å². The Hall–Kier alpha value is -0.860. The van der Waals surface area contributed by atoms with E-state index in [2.05, 4.69) is 9.64 Å². The third-order valence-electron chi connectivity index (χ3n) is 3.39. The predicted molar refractivity (Wildman–Crippen MR) is 70.8 cm³/mol. The minimum Gasteiger partial charge on any atom is -0.392 e. The standard InChI is InChI=1S/C13H23F3N2O3/c1-2-11(19)9-17-4-6-18(7-5-17)12(20)3-8-21-10-13(14,15)16/h11,19H,2-10H2,1H3/t11-/m0/s1. The average Bonchev–Trinajstić information content (AvgIpc) is 2.43. The van der Waals surface area contributed by atoms with Gasteiger partial charge in [0.25, 0.3) is 0 Å². The smallest absolute Gasteiger partial charge is 0.392 e. The summed E-state index contributed by atoms with van der Waals surface area (Å²) in [4.78, 5) is 15.5. The maximum absolute atomic E-state index is 11.9. The van der Waals surface area contributed by atoms with E-state index in [1.165, 1.54) is 0 Å². The maximum atomic E-state index is 11.9. The molecule has 0 bridgehead atoms. The lowest BCUT2D eigenvalue weighted by Crippen LogP contribution is -2.50. The minimum atomic E-state index is -4.35. The lowest BCUT2D eigenvalue weighted by molar-refractivity contribution is -0.175. The summed E-state index contributed by atoms with van der Waals surface area (Å²) < 4.78 is 40.0. The molecule has 0 aromatic carbocycles. The van der Waals surface area contributed by atoms with Gasteiger partial charge in [0.15, 0.2) is 0 Å². The summed E-state index contributed by atoms with van der Waals surface area (Å²) in [5.41, 5.74) is 0. The van der Waals surface area contributed by atoms with E-state index in [1.54, 1.807) is 4.90 Å². The molecule has 1 fully saturated rings. The molecule has 1 aliphatic rings. The molecule has 0 aromatic heterocycles. The minimum absolute atomic E-state index is 0.0341. The number of alkyl halides is 3. The molecule has 0 aliphatic carbocycles. The van der Waals surface area contributed by atoms with Crippen molar-refractivity contribution in [3.05, 3.63) is 0 Å². The highest BCUT2D eigenvalue weighted by Gasteiger charge is 2.28. The van der Waals surface area contributed by atoms with E-state index >= 15 is 0 Å². The SMILES string of the molecule is CC[C@H](O)CN1CCN(C(=O)CCOCC(F)(F)F)CC1. The molecule has 1 amide bonds. The van der Waals surface area contributed by atoms with Crippen LogP contribution in [0.4, 0.5) is 13.2 Å². The monoisotopic (exact) mass is 312 g/mol. The number of halogens is 3. The molecule has 124 valence electrons. The first kappa shape index (κ1) is 18.2. The summed E-state index contributed by atoms with van der Waals surface area (Å²) in [6, 6.07) is 0. The Morgan fingerprint density at radius 1 is 1.29 bits per heavy atom. The van der Waals surface area contributed by atoms with Crippen molar-refractivity contribution in [3.63, 3.8) is 0 Å². The van der Waals surface area contributed by atoms with Gasteiger partial charge in [-0.1, -0.05) is 6.92 Å². The van der Waals surface area contributed by atoms with Crippen molar-refractivity contribution in [3.8, 4) is 0 Å². The van der Waals surface area contributed by atoms with E-state index in [-0.39, 0.29) is 25.0 Å². The molecule has 21 heavy (non-hydrogen) atoms. The van der Waals surface area contributed by atoms with Crippen LogP contribution in [0.3, 0.4) is 0 Å². The van der Waals surface area contributed by atoms with Crippen LogP contribution < -0.4 is 0 Å². The summed E-state index contributed by atoms with van der Waals surface area (Å²) in [5, 5.41) is 9.56. The molecule has 0 aromatic rings. The zero-order valence-corrected chi connectivity index (χ0v) is 12.2. The van der Waals surface area contributed by atoms with Gasteiger partial charge in [0.2, 0.25) is 5.91 Å². The van der Waals surface area contributed by atoms with Crippen LogP contribution in [-0.2, 0) is 9.53 Å². The molecule has 0 radical (unpaired) electrons. The van der Waals surface area contributed by atoms with Crippen LogP contribution in [0.1, 0.15) is 19.8 Å². The van der Waals surface area contributed by atoms with E-state index in [1.807, 2.05) is 6.92 Å². The highest BCUT2D eigenvalue weighted by molar-refractivity contribution is 5.76. The summed E-state index contributed by atoms with van der Waals surface area (Å²) in [6.45, 7) is 3.39. The number of hydrogen-bond donors (Lipinski definition) is 1. The number of piperazine rings is 1. The number of aliphatic hydroxyl groups excluding tert-OH is 1. The van der Waals surface area contributed by atoms with Crippen molar-refractivity contribution < 1.29 is 27.8 Å². The Balaban J connectivity index is 2.17. The molecule has 0 spiro atoms. The van der Waals surface area contributed by atoms with Gasteiger partial charge >= 0.3 is 6.18 Å². The molecular weight excluding hydrogens is 289 g/mol. The highest BCUT2D eigenvalue weighted by atomic mass is 19.4. The summed E-state index contributed by atoms with van der Waals surface area (Å²) in [5.74, 6) is -0.187. The lowest BCUT2D eigenvalue weighted by atomic mass is 10.2. The van der Waals surface area contributed by atoms with Crippen LogP contribution in [0.15, 0.2) is 0 Å². The highest BCUT2D eigenvalue weighted by Crippen LogP contribution is 2.14. The van der Waals surface area contributed by atoms with E-state index in [4.69, 9.17) is 0 Å². The van der Waals surface area contributed by atoms with Crippen molar-refractivity contribution in [2.75, 3.05) is 45.9 Å². The largest absolute Gasteiger partial charge is 0.411 e. The van der Waals surface area contributed by atoms with Gasteiger partial charge in [-0.25, -0.2) is 0 Å². The molecule has 1 N–H and O–H groups in total. The van der Waals surface area contributed by atoms with Crippen molar-refractivity contribution >= 4 is 5.91 Å². The molecule has 8 heteroatoms. The molecule has 5 nitrogen and oxygen atoms in total. The number of hydrogen-bond acceptors (Lipinski definition) is 4. The van der Waals surface area contributed by atoms with E-state index in [9.17, 15) is 23.1 Å². The number of nitrogens with zero attached hydrogens (tertiary/aromatic N) is 2. The first-order chi connectivity index (χ1) is 9.81. The van der Waals surface area contributed by atoms with Crippen LogP contribution >= 0.6 is 0 Å². The summed E-state index contributed by atoms with van der Waals surface area (Å²) in [7, 11) is 0. The Morgan fingerprint density at radius 3 is 2.43 bits per heavy atom. The van der Waals surface area contributed by atoms with Gasteiger partial charge in [0.1, 0.15) is 6.61 Å². The zero-order chi connectivity index (χ0) is 15.9. The molecular formula is C13H23F3N2O3. The third-order valence-corrected chi connectivity index (χ3v) is 3.39. The predicted octanol–water partition coefficient (Wildman–Crippen LogP) is 0.870. The van der Waals surface area contributed by atoms with E-state index < -0.39 is 12.8 Å². The van der Waals surface area contributed by atoms with Gasteiger partial charge in [-0.15, -0.1) is 0 Å². The second-order valence-corrected chi connectivity index (χ2v) is 5.16. The van der Waals surface area contributed by atoms with Gasteiger partial charge in [0, 0.05) is 32.7 Å². The number of amides is 1. The topological polar surface area (TPSA) is 53.0 Å². The van der Waals surface area contributed by atoms with Crippen LogP contribution in [0, 0.1) is 0 Å². The average molecular weight is 312 g/mol. The Labute approximate surface area is 122 Å². The van der Waals surface area contributed by atoms with Crippen molar-refractivity contribution in [1.29, 1.82) is 0 Å². The number of β-amino-alcohol motifs (C(OH)–C–C–N with tert-alkyl or cyclic N) is 1. The van der Waals surface area contributed by atoms with Crippen LogP contribution in [0.25, 0.3) is 0 Å². The van der Waals surface area contributed by atoms with Gasteiger partial charge in [-0.3, -0.25) is 9.69 Å². The van der Waals surface area contributed by atoms with Crippen molar-refractivity contribution in [1.82, 2.24) is 9.80 Å². The second-order valence-electron chi connectivity index (χ2n) is 5.16. The number of ether oxygens (including phenoxy) is 1. The molecule has 0 unspecified atom stereocenters. The van der Waals surface area contributed by atoms with Crippen LogP contribution in [0.5, 0.6) is 0 Å². The lowest BCUT2D eigenvalue weighted by Gasteiger charge is -2.35. The fourth-order valence-corrected chi connectivity index (χ4v) is 2.11. The Kier molecular flexibility index (Phi) is 7.41. The molecule has 1 atom stereocenters. The van der Waals surface area contributed by atoms with E-state index in [0.29, 0.717) is 39.1 Å². The van der Waals surface area contributed by atoms with Crippen molar-refractivity contribution in [2.45, 2.75) is 32.0 Å². The molecule has 1 aliphatic heterocycles. The van der Waals surface area contributed by atoms with Gasteiger partial charge in [-0.05, 0) is 6.42 Å². The third kappa shape index (κ3) is 7.63. The van der Waals surface area contributed by atoms with Crippen LogP contribution in [-0.4, -0.2) is 79.0 Å². The number of carbonyl (C=O) groups excluding carboxylic acids is 1. The van der Waals surface area contributed by atoms with Crippen LogP contribution in [0.2, 0.25) is 0 Å². The number of aliphatic hydroxyl groups is 1. The molecule has 1 saturated heterocycles. The van der Waals surface area contributed by atoms with Gasteiger partial charge in [0.05, 0.1) is 19.1 Å². The Morgan fingerprint density at radius 2 is 1.90 bits per heavy atom. The second kappa shape index (κ2) is 8.55. The zero-order valence-electron chi connectivity index (χ0n) is 12.2. The Bertz CT molecular complexity index is 318. The molecule has 1 rings (SSSR count). The normalized spacial score (nSPS) is 18.8. The van der Waals surface area contributed by atoms with E-state index in [0.717, 1.165) is 0 Å².